The third-order valence-electron chi connectivity index (χ3n) is 4.65. The average molecular weight is 400 g/mol. The first kappa shape index (κ1) is 19.4. The quantitative estimate of drug-likeness (QED) is 0.362. The van der Waals surface area contributed by atoms with E-state index in [0.717, 1.165) is 22.3 Å². The van der Waals surface area contributed by atoms with E-state index in [-0.39, 0.29) is 12.6 Å². The van der Waals surface area contributed by atoms with Crippen molar-refractivity contribution in [2.75, 3.05) is 0 Å². The van der Waals surface area contributed by atoms with Gasteiger partial charge in [-0.25, -0.2) is 9.78 Å². The van der Waals surface area contributed by atoms with Crippen LogP contribution in [-0.2, 0) is 16.1 Å². The van der Waals surface area contributed by atoms with E-state index in [0.29, 0.717) is 17.0 Å². The van der Waals surface area contributed by atoms with Crippen molar-refractivity contribution >= 4 is 17.6 Å². The number of hydrogen-bond donors (Lipinski definition) is 0. The van der Waals surface area contributed by atoms with Crippen LogP contribution >= 0.6 is 0 Å². The van der Waals surface area contributed by atoms with Gasteiger partial charge in [-0.3, -0.25) is 4.79 Å². The number of nitrogens with zero attached hydrogens (tertiary/aromatic N) is 2. The van der Waals surface area contributed by atoms with Gasteiger partial charge in [0, 0.05) is 19.3 Å². The summed E-state index contributed by atoms with van der Waals surface area (Å²) in [5.74, 6) is -0.265. The predicted octanol–water partition coefficient (Wildman–Crippen LogP) is 4.59. The molecule has 0 aliphatic rings. The molecule has 0 aliphatic carbocycles. The number of carbonyl (C=O) groups excluding carboxylic acids is 2. The van der Waals surface area contributed by atoms with Gasteiger partial charge < -0.3 is 13.9 Å². The molecular formula is C24H20N2O4. The molecule has 0 radical (unpaired) electrons. The summed E-state index contributed by atoms with van der Waals surface area (Å²) in [5, 5.41) is 0. The Hall–Kier alpha value is -3.93. The number of fused-ring (bicyclic) bond motifs is 1. The van der Waals surface area contributed by atoms with Crippen LogP contribution in [0.3, 0.4) is 0 Å². The molecule has 150 valence electrons. The van der Waals surface area contributed by atoms with Crippen molar-refractivity contribution in [2.24, 2.45) is 0 Å². The molecule has 4 rings (SSSR count). The Bertz CT molecular complexity index is 1210. The number of esters is 2. The standard InChI is InChI=1S/C24H20N2O4/c1-16-4-3-13-26-14-21(25-23(16)26)15-29-24(28)20-7-5-18(6-8-20)19-9-11-22(12-10-19)30-17(2)27/h3-14H,15H2,1-2H3. The number of hydrogen-bond acceptors (Lipinski definition) is 5. The molecule has 0 saturated carbocycles. The van der Waals surface area contributed by atoms with Gasteiger partial charge in [-0.1, -0.05) is 30.3 Å². The van der Waals surface area contributed by atoms with E-state index in [1.165, 1.54) is 6.92 Å². The summed E-state index contributed by atoms with van der Waals surface area (Å²) >= 11 is 0. The number of rotatable bonds is 5. The minimum Gasteiger partial charge on any atom is -0.456 e. The van der Waals surface area contributed by atoms with E-state index in [2.05, 4.69) is 4.98 Å². The van der Waals surface area contributed by atoms with Gasteiger partial charge in [-0.15, -0.1) is 0 Å². The van der Waals surface area contributed by atoms with Crippen LogP contribution in [0.2, 0.25) is 0 Å². The van der Waals surface area contributed by atoms with Crippen molar-refractivity contribution < 1.29 is 19.1 Å². The van der Waals surface area contributed by atoms with Gasteiger partial charge in [0.1, 0.15) is 18.0 Å². The van der Waals surface area contributed by atoms with E-state index < -0.39 is 5.97 Å². The molecule has 0 spiro atoms. The summed E-state index contributed by atoms with van der Waals surface area (Å²) in [6, 6.07) is 18.3. The number of carbonyl (C=O) groups is 2. The topological polar surface area (TPSA) is 69.9 Å². The number of benzene rings is 2. The van der Waals surface area contributed by atoms with Crippen molar-refractivity contribution in [3.63, 3.8) is 0 Å². The number of ether oxygens (including phenoxy) is 2. The zero-order valence-corrected chi connectivity index (χ0v) is 16.7. The summed E-state index contributed by atoms with van der Waals surface area (Å²) in [4.78, 5) is 27.9. The van der Waals surface area contributed by atoms with Gasteiger partial charge >= 0.3 is 11.9 Å². The highest BCUT2D eigenvalue weighted by Crippen LogP contribution is 2.23. The van der Waals surface area contributed by atoms with Crippen molar-refractivity contribution in [2.45, 2.75) is 20.5 Å². The highest BCUT2D eigenvalue weighted by atomic mass is 16.5. The van der Waals surface area contributed by atoms with Crippen molar-refractivity contribution in [1.82, 2.24) is 9.38 Å². The highest BCUT2D eigenvalue weighted by molar-refractivity contribution is 5.90. The molecule has 0 aliphatic heterocycles. The van der Waals surface area contributed by atoms with E-state index in [1.807, 2.05) is 60.1 Å². The lowest BCUT2D eigenvalue weighted by Gasteiger charge is -2.06. The summed E-state index contributed by atoms with van der Waals surface area (Å²) < 4.78 is 12.4. The third kappa shape index (κ3) is 4.22. The third-order valence-corrected chi connectivity index (χ3v) is 4.65. The van der Waals surface area contributed by atoms with Crippen LogP contribution in [0.15, 0.2) is 73.1 Å². The minimum absolute atomic E-state index is 0.110. The molecule has 2 heterocycles. The Labute approximate surface area is 173 Å². The van der Waals surface area contributed by atoms with Gasteiger partial charge in [0.15, 0.2) is 0 Å². The van der Waals surface area contributed by atoms with Crippen LogP contribution in [0.4, 0.5) is 0 Å². The van der Waals surface area contributed by atoms with Gasteiger partial charge in [-0.2, -0.15) is 0 Å². The number of aryl methyl sites for hydroxylation is 1. The van der Waals surface area contributed by atoms with E-state index in [4.69, 9.17) is 9.47 Å². The molecule has 4 aromatic rings. The molecule has 0 atom stereocenters. The highest BCUT2D eigenvalue weighted by Gasteiger charge is 2.10. The fourth-order valence-electron chi connectivity index (χ4n) is 3.18. The molecule has 0 unspecified atom stereocenters. The van der Waals surface area contributed by atoms with Crippen LogP contribution < -0.4 is 4.74 Å². The molecule has 0 saturated heterocycles. The number of pyridine rings is 1. The molecule has 0 amide bonds. The SMILES string of the molecule is CC(=O)Oc1ccc(-c2ccc(C(=O)OCc3cn4cccc(C)c4n3)cc2)cc1. The van der Waals surface area contributed by atoms with Crippen molar-refractivity contribution in [3.8, 4) is 16.9 Å². The lowest BCUT2D eigenvalue weighted by Crippen LogP contribution is -2.05. The Morgan fingerprint density at radius 1 is 0.967 bits per heavy atom. The molecule has 2 aromatic carbocycles. The van der Waals surface area contributed by atoms with Crippen LogP contribution in [0.25, 0.3) is 16.8 Å². The Morgan fingerprint density at radius 3 is 2.27 bits per heavy atom. The zero-order valence-electron chi connectivity index (χ0n) is 16.7. The van der Waals surface area contributed by atoms with Gasteiger partial charge in [0.25, 0.3) is 0 Å². The maximum Gasteiger partial charge on any atom is 0.338 e. The first-order chi connectivity index (χ1) is 14.5. The van der Waals surface area contributed by atoms with Crippen LogP contribution in [-0.4, -0.2) is 21.3 Å². The van der Waals surface area contributed by atoms with Crippen molar-refractivity contribution in [3.05, 3.63) is 89.9 Å². The number of aromatic nitrogens is 2. The Balaban J connectivity index is 1.41. The van der Waals surface area contributed by atoms with Crippen LogP contribution in [0.5, 0.6) is 5.75 Å². The molecule has 6 heteroatoms. The van der Waals surface area contributed by atoms with E-state index >= 15 is 0 Å². The summed E-state index contributed by atoms with van der Waals surface area (Å²) in [5.41, 5.74) is 4.97. The monoisotopic (exact) mass is 400 g/mol. The summed E-state index contributed by atoms with van der Waals surface area (Å²) in [7, 11) is 0. The lowest BCUT2D eigenvalue weighted by molar-refractivity contribution is -0.131. The minimum atomic E-state index is -0.402. The van der Waals surface area contributed by atoms with Crippen molar-refractivity contribution in [1.29, 1.82) is 0 Å². The Morgan fingerprint density at radius 2 is 1.63 bits per heavy atom. The average Bonchev–Trinajstić information content (AvgIpc) is 3.17. The van der Waals surface area contributed by atoms with Crippen LogP contribution in [0.1, 0.15) is 28.5 Å². The molecular weight excluding hydrogens is 380 g/mol. The second kappa shape index (κ2) is 8.21. The Kier molecular flexibility index (Phi) is 5.30. The molecule has 6 nitrogen and oxygen atoms in total. The molecule has 2 aromatic heterocycles. The maximum atomic E-state index is 12.4. The molecule has 30 heavy (non-hydrogen) atoms. The van der Waals surface area contributed by atoms with E-state index in [9.17, 15) is 9.59 Å². The van der Waals surface area contributed by atoms with Gasteiger partial charge in [-0.05, 0) is 53.9 Å². The predicted molar refractivity (Wildman–Crippen MR) is 112 cm³/mol. The second-order valence-corrected chi connectivity index (χ2v) is 6.93. The summed E-state index contributed by atoms with van der Waals surface area (Å²) in [6.45, 7) is 3.46. The smallest absolute Gasteiger partial charge is 0.338 e. The van der Waals surface area contributed by atoms with Gasteiger partial charge in [0.2, 0.25) is 0 Å². The fourth-order valence-corrected chi connectivity index (χ4v) is 3.18. The summed E-state index contributed by atoms with van der Waals surface area (Å²) in [6.07, 6.45) is 3.77. The second-order valence-electron chi connectivity index (χ2n) is 6.93. The zero-order chi connectivity index (χ0) is 21.1. The molecule has 0 N–H and O–H groups in total. The first-order valence-electron chi connectivity index (χ1n) is 9.49. The number of imidazole rings is 1. The van der Waals surface area contributed by atoms with E-state index in [1.54, 1.807) is 24.3 Å². The van der Waals surface area contributed by atoms with Crippen LogP contribution in [0, 0.1) is 6.92 Å². The molecule has 0 bridgehead atoms. The van der Waals surface area contributed by atoms with Gasteiger partial charge in [0.05, 0.1) is 11.3 Å². The maximum absolute atomic E-state index is 12.4. The fraction of sp³-hybridized carbons (Fsp3) is 0.125. The molecule has 0 fully saturated rings. The first-order valence-corrected chi connectivity index (χ1v) is 9.49. The largest absolute Gasteiger partial charge is 0.456 e. The normalized spacial score (nSPS) is 10.7. The lowest BCUT2D eigenvalue weighted by atomic mass is 10.0.